The Hall–Kier alpha value is -2.84. The minimum absolute atomic E-state index is 0.0446. The molecular weight excluding hydrogens is 354 g/mol. The number of hydrogen-bond acceptors (Lipinski definition) is 7. The summed E-state index contributed by atoms with van der Waals surface area (Å²) in [6, 6.07) is 4.22. The fraction of sp³-hybridized carbons (Fsp3) is 0.556. The number of benzene rings is 1. The van der Waals surface area contributed by atoms with E-state index < -0.39 is 10.5 Å². The highest BCUT2D eigenvalue weighted by atomic mass is 16.6. The smallest absolute Gasteiger partial charge is 0.410 e. The number of aromatic nitrogens is 1. The van der Waals surface area contributed by atoms with E-state index in [1.165, 1.54) is 18.2 Å². The predicted molar refractivity (Wildman–Crippen MR) is 96.7 cm³/mol. The molecule has 0 spiro atoms. The highest BCUT2D eigenvalue weighted by molar-refractivity contribution is 5.75. The number of carbonyl (C=O) groups excluding carboxylic acids is 1. The van der Waals surface area contributed by atoms with Gasteiger partial charge < -0.3 is 18.8 Å². The van der Waals surface area contributed by atoms with Crippen LogP contribution in [0, 0.1) is 16.0 Å². The molecular formula is C18H23N3O6. The van der Waals surface area contributed by atoms with Crippen molar-refractivity contribution in [2.75, 3.05) is 19.7 Å². The zero-order valence-corrected chi connectivity index (χ0v) is 15.6. The lowest BCUT2D eigenvalue weighted by molar-refractivity contribution is -0.384. The lowest BCUT2D eigenvalue weighted by Crippen LogP contribution is -2.42. The number of nitro benzene ring substituents is 1. The van der Waals surface area contributed by atoms with Crippen LogP contribution < -0.4 is 4.74 Å². The van der Waals surface area contributed by atoms with E-state index >= 15 is 0 Å². The largest absolute Gasteiger partial charge is 0.450 e. The number of hydrogen-bond donors (Lipinski definition) is 0. The average molecular weight is 377 g/mol. The molecule has 2 heterocycles. The van der Waals surface area contributed by atoms with Crippen LogP contribution in [0.3, 0.4) is 0 Å². The lowest BCUT2D eigenvalue weighted by atomic mass is 9.98. The van der Waals surface area contributed by atoms with Gasteiger partial charge in [-0.1, -0.05) is 0 Å². The molecule has 0 radical (unpaired) electrons. The molecule has 9 nitrogen and oxygen atoms in total. The SMILES string of the molecule is CC(C)(C)OC(=O)N1CCC(COc2nc3cc([N+](=O)[O-])ccc3o2)CC1. The highest BCUT2D eigenvalue weighted by Crippen LogP contribution is 2.26. The van der Waals surface area contributed by atoms with Crippen molar-refractivity contribution in [2.24, 2.45) is 5.92 Å². The van der Waals surface area contributed by atoms with Crippen LogP contribution in [0.2, 0.25) is 0 Å². The summed E-state index contributed by atoms with van der Waals surface area (Å²) in [7, 11) is 0. The summed E-state index contributed by atoms with van der Waals surface area (Å²) in [4.78, 5) is 28.3. The molecule has 2 aromatic rings. The first-order valence-electron chi connectivity index (χ1n) is 8.87. The van der Waals surface area contributed by atoms with E-state index in [1.54, 1.807) is 4.90 Å². The Morgan fingerprint density at radius 2 is 2.07 bits per heavy atom. The maximum absolute atomic E-state index is 12.1. The number of oxazole rings is 1. The van der Waals surface area contributed by atoms with E-state index in [0.29, 0.717) is 30.8 Å². The number of piperidine rings is 1. The number of fused-ring (bicyclic) bond motifs is 1. The van der Waals surface area contributed by atoms with Crippen molar-refractivity contribution in [3.63, 3.8) is 0 Å². The molecule has 9 heteroatoms. The van der Waals surface area contributed by atoms with Gasteiger partial charge >= 0.3 is 12.2 Å². The molecule has 1 saturated heterocycles. The Morgan fingerprint density at radius 3 is 2.70 bits per heavy atom. The molecule has 146 valence electrons. The first kappa shape index (κ1) is 18.9. The maximum Gasteiger partial charge on any atom is 0.410 e. The van der Waals surface area contributed by atoms with E-state index in [4.69, 9.17) is 13.9 Å². The normalized spacial score (nSPS) is 15.7. The number of rotatable bonds is 4. The molecule has 0 saturated carbocycles. The third-order valence-electron chi connectivity index (χ3n) is 4.27. The number of nitrogens with zero attached hydrogens (tertiary/aromatic N) is 3. The Bertz CT molecular complexity index is 833. The van der Waals surface area contributed by atoms with Crippen molar-refractivity contribution in [3.05, 3.63) is 28.3 Å². The van der Waals surface area contributed by atoms with E-state index in [-0.39, 0.29) is 23.8 Å². The minimum atomic E-state index is -0.501. The van der Waals surface area contributed by atoms with Crippen LogP contribution in [-0.4, -0.2) is 46.2 Å². The van der Waals surface area contributed by atoms with Gasteiger partial charge in [-0.15, -0.1) is 0 Å². The summed E-state index contributed by atoms with van der Waals surface area (Å²) >= 11 is 0. The summed E-state index contributed by atoms with van der Waals surface area (Å²) < 4.78 is 16.5. The molecule has 1 amide bonds. The van der Waals surface area contributed by atoms with Crippen LogP contribution in [0.4, 0.5) is 10.5 Å². The van der Waals surface area contributed by atoms with Crippen molar-refractivity contribution in [1.29, 1.82) is 0 Å². The monoisotopic (exact) mass is 377 g/mol. The molecule has 0 atom stereocenters. The van der Waals surface area contributed by atoms with Crippen LogP contribution in [0.5, 0.6) is 6.08 Å². The van der Waals surface area contributed by atoms with Gasteiger partial charge in [-0.2, -0.15) is 4.98 Å². The van der Waals surface area contributed by atoms with E-state index in [0.717, 1.165) is 12.8 Å². The number of non-ortho nitro benzene ring substituents is 1. The summed E-state index contributed by atoms with van der Waals surface area (Å²) in [5, 5.41) is 10.8. The fourth-order valence-electron chi connectivity index (χ4n) is 2.87. The van der Waals surface area contributed by atoms with Crippen LogP contribution >= 0.6 is 0 Å². The quantitative estimate of drug-likeness (QED) is 0.589. The Balaban J connectivity index is 1.51. The van der Waals surface area contributed by atoms with Crippen LogP contribution in [0.1, 0.15) is 33.6 Å². The first-order valence-corrected chi connectivity index (χ1v) is 8.87. The molecule has 1 fully saturated rings. The molecule has 1 aliphatic heterocycles. The third kappa shape index (κ3) is 4.87. The summed E-state index contributed by atoms with van der Waals surface area (Å²) in [5.74, 6) is 0.271. The molecule has 1 aromatic carbocycles. The summed E-state index contributed by atoms with van der Waals surface area (Å²) in [6.07, 6.45) is 1.40. The number of ether oxygens (including phenoxy) is 2. The summed E-state index contributed by atoms with van der Waals surface area (Å²) in [6.45, 7) is 7.18. The molecule has 0 N–H and O–H groups in total. The molecule has 0 unspecified atom stereocenters. The molecule has 0 aliphatic carbocycles. The van der Waals surface area contributed by atoms with Gasteiger partial charge in [-0.05, 0) is 45.6 Å². The summed E-state index contributed by atoms with van der Waals surface area (Å²) in [5.41, 5.74) is 0.283. The fourth-order valence-corrected chi connectivity index (χ4v) is 2.87. The Morgan fingerprint density at radius 1 is 1.37 bits per heavy atom. The van der Waals surface area contributed by atoms with Gasteiger partial charge in [-0.3, -0.25) is 10.1 Å². The zero-order valence-electron chi connectivity index (χ0n) is 15.6. The maximum atomic E-state index is 12.1. The first-order chi connectivity index (χ1) is 12.7. The van der Waals surface area contributed by atoms with Crippen LogP contribution in [-0.2, 0) is 4.74 Å². The molecule has 27 heavy (non-hydrogen) atoms. The van der Waals surface area contributed by atoms with E-state index in [9.17, 15) is 14.9 Å². The number of amides is 1. The Labute approximate surface area is 156 Å². The van der Waals surface area contributed by atoms with Crippen molar-refractivity contribution in [2.45, 2.75) is 39.2 Å². The van der Waals surface area contributed by atoms with Crippen molar-refractivity contribution >= 4 is 22.9 Å². The second-order valence-electron chi connectivity index (χ2n) is 7.61. The standard InChI is InChI=1S/C18H23N3O6/c1-18(2,3)27-17(22)20-8-6-12(7-9-20)11-25-16-19-14-10-13(21(23)24)4-5-15(14)26-16/h4-5,10,12H,6-9,11H2,1-3H3. The molecule has 1 aliphatic rings. The minimum Gasteiger partial charge on any atom is -0.450 e. The van der Waals surface area contributed by atoms with E-state index in [2.05, 4.69) is 4.98 Å². The van der Waals surface area contributed by atoms with Crippen LogP contribution in [0.25, 0.3) is 11.1 Å². The number of nitro groups is 1. The van der Waals surface area contributed by atoms with Gasteiger partial charge in [0, 0.05) is 25.2 Å². The van der Waals surface area contributed by atoms with Gasteiger partial charge in [-0.25, -0.2) is 4.79 Å². The van der Waals surface area contributed by atoms with Gasteiger partial charge in [0.1, 0.15) is 11.1 Å². The van der Waals surface area contributed by atoms with Crippen molar-refractivity contribution in [3.8, 4) is 6.08 Å². The molecule has 0 bridgehead atoms. The average Bonchev–Trinajstić information content (AvgIpc) is 3.01. The highest BCUT2D eigenvalue weighted by Gasteiger charge is 2.27. The van der Waals surface area contributed by atoms with Gasteiger partial charge in [0.25, 0.3) is 5.69 Å². The van der Waals surface area contributed by atoms with E-state index in [1.807, 2.05) is 20.8 Å². The Kier molecular flexibility index (Phi) is 5.20. The second-order valence-corrected chi connectivity index (χ2v) is 7.61. The van der Waals surface area contributed by atoms with Gasteiger partial charge in [0.05, 0.1) is 11.5 Å². The predicted octanol–water partition coefficient (Wildman–Crippen LogP) is 3.76. The third-order valence-corrected chi connectivity index (χ3v) is 4.27. The number of carbonyl (C=O) groups is 1. The molecule has 1 aromatic heterocycles. The number of likely N-dealkylation sites (tertiary alicyclic amines) is 1. The van der Waals surface area contributed by atoms with Crippen LogP contribution in [0.15, 0.2) is 22.6 Å². The zero-order chi connectivity index (χ0) is 19.6. The molecule has 3 rings (SSSR count). The second kappa shape index (κ2) is 7.42. The topological polar surface area (TPSA) is 108 Å². The van der Waals surface area contributed by atoms with Gasteiger partial charge in [0.2, 0.25) is 0 Å². The van der Waals surface area contributed by atoms with Crippen molar-refractivity contribution in [1.82, 2.24) is 9.88 Å². The van der Waals surface area contributed by atoms with Crippen molar-refractivity contribution < 1.29 is 23.6 Å². The van der Waals surface area contributed by atoms with Gasteiger partial charge in [0.15, 0.2) is 5.58 Å². The lowest BCUT2D eigenvalue weighted by Gasteiger charge is -2.33.